The first-order chi connectivity index (χ1) is 8.20. The van der Waals surface area contributed by atoms with Crippen LogP contribution in [0, 0.1) is 0 Å². The molecule has 0 radical (unpaired) electrons. The Morgan fingerprint density at radius 2 is 2.24 bits per heavy atom. The zero-order chi connectivity index (χ0) is 12.3. The van der Waals surface area contributed by atoms with Gasteiger partial charge in [-0.15, -0.1) is 0 Å². The van der Waals surface area contributed by atoms with Crippen LogP contribution in [0.2, 0.25) is 0 Å². The normalized spacial score (nSPS) is 9.94. The molecule has 1 heterocycles. The van der Waals surface area contributed by atoms with Crippen molar-refractivity contribution < 1.29 is 13.9 Å². The zero-order valence-corrected chi connectivity index (χ0v) is 9.27. The number of carbonyl (C=O) groups excluding carboxylic acids is 1. The summed E-state index contributed by atoms with van der Waals surface area (Å²) in [5.41, 5.74) is 7.21. The summed E-state index contributed by atoms with van der Waals surface area (Å²) in [5, 5.41) is 2.68. The Morgan fingerprint density at radius 3 is 2.82 bits per heavy atom. The van der Waals surface area contributed by atoms with Crippen molar-refractivity contribution in [3.8, 4) is 5.75 Å². The lowest BCUT2D eigenvalue weighted by molar-refractivity contribution is 0.102. The van der Waals surface area contributed by atoms with E-state index in [1.54, 1.807) is 31.4 Å². The highest BCUT2D eigenvalue weighted by atomic mass is 16.5. The van der Waals surface area contributed by atoms with Crippen LogP contribution in [-0.4, -0.2) is 13.0 Å². The summed E-state index contributed by atoms with van der Waals surface area (Å²) >= 11 is 0. The van der Waals surface area contributed by atoms with Crippen molar-refractivity contribution in [3.63, 3.8) is 0 Å². The van der Waals surface area contributed by atoms with E-state index in [4.69, 9.17) is 14.9 Å². The molecule has 5 nitrogen and oxygen atoms in total. The minimum atomic E-state index is -0.268. The summed E-state index contributed by atoms with van der Waals surface area (Å²) in [7, 11) is 1.55. The van der Waals surface area contributed by atoms with Gasteiger partial charge in [0.1, 0.15) is 12.0 Å². The Bertz CT molecular complexity index is 521. The first-order valence-electron chi connectivity index (χ1n) is 4.98. The van der Waals surface area contributed by atoms with Crippen LogP contribution >= 0.6 is 0 Å². The monoisotopic (exact) mass is 232 g/mol. The van der Waals surface area contributed by atoms with Crippen molar-refractivity contribution in [2.75, 3.05) is 18.2 Å². The van der Waals surface area contributed by atoms with Crippen molar-refractivity contribution in [1.82, 2.24) is 0 Å². The summed E-state index contributed by atoms with van der Waals surface area (Å²) < 4.78 is 9.85. The maximum absolute atomic E-state index is 11.7. The highest BCUT2D eigenvalue weighted by molar-refractivity contribution is 6.05. The number of carbonyl (C=O) groups is 1. The molecule has 2 rings (SSSR count). The van der Waals surface area contributed by atoms with Crippen LogP contribution in [0.15, 0.2) is 41.2 Å². The number of nitrogens with one attached hydrogen (secondary N) is 1. The third-order valence-corrected chi connectivity index (χ3v) is 2.29. The van der Waals surface area contributed by atoms with E-state index in [2.05, 4.69) is 5.32 Å². The Morgan fingerprint density at radius 1 is 1.41 bits per heavy atom. The van der Waals surface area contributed by atoms with Crippen molar-refractivity contribution in [2.24, 2.45) is 0 Å². The molecular weight excluding hydrogens is 220 g/mol. The highest BCUT2D eigenvalue weighted by Gasteiger charge is 2.09. The maximum atomic E-state index is 11.7. The lowest BCUT2D eigenvalue weighted by Crippen LogP contribution is -2.12. The van der Waals surface area contributed by atoms with Crippen LogP contribution in [-0.2, 0) is 0 Å². The van der Waals surface area contributed by atoms with Gasteiger partial charge < -0.3 is 20.2 Å². The van der Waals surface area contributed by atoms with Crippen LogP contribution in [0.25, 0.3) is 0 Å². The number of ether oxygens (including phenoxy) is 1. The summed E-state index contributed by atoms with van der Waals surface area (Å²) in [4.78, 5) is 11.7. The standard InChI is InChI=1S/C12H12N2O3/c1-16-9-2-3-11(10(13)6-9)14-12(15)8-4-5-17-7-8/h2-7H,13H2,1H3,(H,14,15). The Balaban J connectivity index is 2.16. The molecule has 0 saturated heterocycles. The molecule has 2 aromatic rings. The molecule has 0 aliphatic rings. The Hall–Kier alpha value is -2.43. The number of furan rings is 1. The maximum Gasteiger partial charge on any atom is 0.258 e. The molecule has 0 unspecified atom stereocenters. The molecule has 0 bridgehead atoms. The zero-order valence-electron chi connectivity index (χ0n) is 9.27. The van der Waals surface area contributed by atoms with Gasteiger partial charge in [0.2, 0.25) is 0 Å². The number of amides is 1. The number of methoxy groups -OCH3 is 1. The predicted octanol–water partition coefficient (Wildman–Crippen LogP) is 2.12. The van der Waals surface area contributed by atoms with Gasteiger partial charge in [0.25, 0.3) is 5.91 Å². The van der Waals surface area contributed by atoms with Crippen molar-refractivity contribution in [2.45, 2.75) is 0 Å². The first-order valence-corrected chi connectivity index (χ1v) is 4.98. The van der Waals surface area contributed by atoms with Crippen LogP contribution in [0.5, 0.6) is 5.75 Å². The SMILES string of the molecule is COc1ccc(NC(=O)c2ccoc2)c(N)c1. The van der Waals surface area contributed by atoms with Gasteiger partial charge in [-0.05, 0) is 18.2 Å². The molecule has 0 saturated carbocycles. The minimum absolute atomic E-state index is 0.268. The van der Waals surface area contributed by atoms with Crippen molar-refractivity contribution in [1.29, 1.82) is 0 Å². The third-order valence-electron chi connectivity index (χ3n) is 2.29. The molecule has 0 aliphatic carbocycles. The van der Waals surface area contributed by atoms with E-state index in [9.17, 15) is 4.79 Å². The molecule has 1 amide bonds. The second-order valence-corrected chi connectivity index (χ2v) is 3.42. The van der Waals surface area contributed by atoms with Gasteiger partial charge >= 0.3 is 0 Å². The molecule has 0 aliphatic heterocycles. The smallest absolute Gasteiger partial charge is 0.258 e. The molecule has 5 heteroatoms. The molecule has 1 aromatic heterocycles. The van der Waals surface area contributed by atoms with Crippen LogP contribution in [0.1, 0.15) is 10.4 Å². The van der Waals surface area contributed by atoms with Gasteiger partial charge in [0, 0.05) is 6.07 Å². The van der Waals surface area contributed by atoms with Gasteiger partial charge in [-0.1, -0.05) is 0 Å². The van der Waals surface area contributed by atoms with E-state index < -0.39 is 0 Å². The number of rotatable bonds is 3. The number of nitrogens with two attached hydrogens (primary N) is 1. The highest BCUT2D eigenvalue weighted by Crippen LogP contribution is 2.24. The lowest BCUT2D eigenvalue weighted by Gasteiger charge is -2.08. The van der Waals surface area contributed by atoms with Gasteiger partial charge in [-0.2, -0.15) is 0 Å². The Kier molecular flexibility index (Phi) is 3.00. The van der Waals surface area contributed by atoms with E-state index >= 15 is 0 Å². The summed E-state index contributed by atoms with van der Waals surface area (Å²) in [6, 6.07) is 6.63. The number of hydrogen-bond donors (Lipinski definition) is 2. The lowest BCUT2D eigenvalue weighted by atomic mass is 10.2. The van der Waals surface area contributed by atoms with E-state index in [0.717, 1.165) is 0 Å². The van der Waals surface area contributed by atoms with E-state index in [0.29, 0.717) is 22.7 Å². The molecule has 88 valence electrons. The summed E-state index contributed by atoms with van der Waals surface area (Å²) in [5.74, 6) is 0.374. The average Bonchev–Trinajstić information content (AvgIpc) is 2.85. The van der Waals surface area contributed by atoms with E-state index in [-0.39, 0.29) is 5.91 Å². The fourth-order valence-corrected chi connectivity index (χ4v) is 1.37. The van der Waals surface area contributed by atoms with Gasteiger partial charge in [-0.3, -0.25) is 4.79 Å². The fourth-order valence-electron chi connectivity index (χ4n) is 1.37. The molecule has 0 fully saturated rings. The second kappa shape index (κ2) is 4.61. The summed E-state index contributed by atoms with van der Waals surface area (Å²) in [6.07, 6.45) is 2.81. The average molecular weight is 232 g/mol. The van der Waals surface area contributed by atoms with Crippen molar-refractivity contribution >= 4 is 17.3 Å². The quantitative estimate of drug-likeness (QED) is 0.794. The van der Waals surface area contributed by atoms with Gasteiger partial charge in [0.15, 0.2) is 0 Å². The topological polar surface area (TPSA) is 77.5 Å². The third kappa shape index (κ3) is 2.39. The number of anilines is 2. The predicted molar refractivity (Wildman–Crippen MR) is 64.1 cm³/mol. The molecule has 3 N–H and O–H groups in total. The molecule has 17 heavy (non-hydrogen) atoms. The minimum Gasteiger partial charge on any atom is -0.497 e. The first kappa shape index (κ1) is 11.1. The molecule has 0 atom stereocenters. The largest absolute Gasteiger partial charge is 0.497 e. The number of nitrogen functional groups attached to an aromatic ring is 1. The second-order valence-electron chi connectivity index (χ2n) is 3.42. The van der Waals surface area contributed by atoms with Gasteiger partial charge in [-0.25, -0.2) is 0 Å². The molecule has 0 spiro atoms. The van der Waals surface area contributed by atoms with Crippen molar-refractivity contribution in [3.05, 3.63) is 42.4 Å². The van der Waals surface area contributed by atoms with Crippen LogP contribution in [0.3, 0.4) is 0 Å². The molecular formula is C12H12N2O3. The molecule has 1 aromatic carbocycles. The van der Waals surface area contributed by atoms with Crippen LogP contribution in [0.4, 0.5) is 11.4 Å². The number of hydrogen-bond acceptors (Lipinski definition) is 4. The van der Waals surface area contributed by atoms with E-state index in [1.807, 2.05) is 0 Å². The van der Waals surface area contributed by atoms with E-state index in [1.165, 1.54) is 12.5 Å². The van der Waals surface area contributed by atoms with Gasteiger partial charge in [0.05, 0.1) is 30.3 Å². The fraction of sp³-hybridized carbons (Fsp3) is 0.0833. The number of benzene rings is 1. The summed E-state index contributed by atoms with van der Waals surface area (Å²) in [6.45, 7) is 0. The van der Waals surface area contributed by atoms with Crippen LogP contribution < -0.4 is 15.8 Å². The Labute approximate surface area is 98.2 Å².